The second-order valence-corrected chi connectivity index (χ2v) is 6.57. The van der Waals surface area contributed by atoms with Gasteiger partial charge >= 0.3 is 5.97 Å². The molecule has 144 valence electrons. The van der Waals surface area contributed by atoms with Gasteiger partial charge in [0.2, 0.25) is 5.91 Å². The maximum atomic E-state index is 14.3. The molecule has 0 bridgehead atoms. The predicted octanol–water partition coefficient (Wildman–Crippen LogP) is 1.89. The molecule has 0 spiro atoms. The summed E-state index contributed by atoms with van der Waals surface area (Å²) in [5, 5.41) is 4.23. The molecule has 1 amide bonds. The standard InChI is InChI=1S/C19H23FN4O3/c1-2-27-19(26)14-10-22-24(16-8-4-3-7-15(16)20)17(14)12-23-9-5-6-13(11-23)18(21)25/h3-4,7-8,10,13H,2,5-6,9,11-12H2,1H3,(H2,21,25). The van der Waals surface area contributed by atoms with Crippen LogP contribution in [0.3, 0.4) is 0 Å². The summed E-state index contributed by atoms with van der Waals surface area (Å²) in [6.45, 7) is 3.55. The molecule has 2 heterocycles. The quantitative estimate of drug-likeness (QED) is 0.780. The Hall–Kier alpha value is -2.74. The number of likely N-dealkylation sites (tertiary alicyclic amines) is 1. The minimum atomic E-state index is -0.501. The number of hydrogen-bond donors (Lipinski definition) is 1. The van der Waals surface area contributed by atoms with Crippen LogP contribution in [0.25, 0.3) is 5.69 Å². The van der Waals surface area contributed by atoms with Crippen molar-refractivity contribution in [2.24, 2.45) is 11.7 Å². The summed E-state index contributed by atoms with van der Waals surface area (Å²) < 4.78 is 20.9. The van der Waals surface area contributed by atoms with Gasteiger partial charge in [0.1, 0.15) is 17.1 Å². The molecule has 2 aromatic rings. The van der Waals surface area contributed by atoms with E-state index in [-0.39, 0.29) is 24.1 Å². The molecule has 1 aliphatic heterocycles. The third-order valence-electron chi connectivity index (χ3n) is 4.73. The molecule has 1 saturated heterocycles. The molecule has 0 radical (unpaired) electrons. The summed E-state index contributed by atoms with van der Waals surface area (Å²) >= 11 is 0. The van der Waals surface area contributed by atoms with Crippen LogP contribution in [0.2, 0.25) is 0 Å². The maximum absolute atomic E-state index is 14.3. The molecular weight excluding hydrogens is 351 g/mol. The number of nitrogens with zero attached hydrogens (tertiary/aromatic N) is 3. The van der Waals surface area contributed by atoms with E-state index >= 15 is 0 Å². The smallest absolute Gasteiger partial charge is 0.341 e. The lowest BCUT2D eigenvalue weighted by atomic mass is 9.97. The molecule has 1 fully saturated rings. The van der Waals surface area contributed by atoms with E-state index in [1.54, 1.807) is 25.1 Å². The largest absolute Gasteiger partial charge is 0.462 e. The predicted molar refractivity (Wildman–Crippen MR) is 96.7 cm³/mol. The van der Waals surface area contributed by atoms with Crippen molar-refractivity contribution in [2.75, 3.05) is 19.7 Å². The van der Waals surface area contributed by atoms with Crippen molar-refractivity contribution in [1.29, 1.82) is 0 Å². The number of esters is 1. The number of rotatable bonds is 6. The third kappa shape index (κ3) is 4.16. The van der Waals surface area contributed by atoms with Crippen molar-refractivity contribution in [3.63, 3.8) is 0 Å². The first kappa shape index (κ1) is 19.0. The van der Waals surface area contributed by atoms with Gasteiger partial charge in [-0.25, -0.2) is 13.9 Å². The summed E-state index contributed by atoms with van der Waals surface area (Å²) in [6.07, 6.45) is 2.98. The Kier molecular flexibility index (Phi) is 5.85. The van der Waals surface area contributed by atoms with E-state index in [1.807, 2.05) is 4.90 Å². The molecule has 7 nitrogen and oxygen atoms in total. The van der Waals surface area contributed by atoms with Gasteiger partial charge in [-0.05, 0) is 38.4 Å². The molecule has 0 aliphatic carbocycles. The van der Waals surface area contributed by atoms with E-state index in [9.17, 15) is 14.0 Å². The molecule has 1 atom stereocenters. The van der Waals surface area contributed by atoms with E-state index in [4.69, 9.17) is 10.5 Å². The van der Waals surface area contributed by atoms with Crippen LogP contribution in [0.5, 0.6) is 0 Å². The number of benzene rings is 1. The average molecular weight is 374 g/mol. The van der Waals surface area contributed by atoms with Gasteiger partial charge in [0.05, 0.1) is 24.4 Å². The fourth-order valence-corrected chi connectivity index (χ4v) is 3.38. The zero-order valence-corrected chi connectivity index (χ0v) is 15.2. The molecular formula is C19H23FN4O3. The van der Waals surface area contributed by atoms with Gasteiger partial charge in [0.25, 0.3) is 0 Å². The van der Waals surface area contributed by atoms with Crippen LogP contribution in [0, 0.1) is 11.7 Å². The van der Waals surface area contributed by atoms with Crippen LogP contribution in [-0.4, -0.2) is 46.3 Å². The molecule has 1 unspecified atom stereocenters. The van der Waals surface area contributed by atoms with Gasteiger partial charge in [-0.1, -0.05) is 12.1 Å². The second-order valence-electron chi connectivity index (χ2n) is 6.57. The van der Waals surface area contributed by atoms with Gasteiger partial charge in [-0.15, -0.1) is 0 Å². The maximum Gasteiger partial charge on any atom is 0.341 e. The highest BCUT2D eigenvalue weighted by Gasteiger charge is 2.27. The van der Waals surface area contributed by atoms with Crippen LogP contribution in [-0.2, 0) is 16.1 Å². The molecule has 1 aromatic carbocycles. The number of hydrogen-bond acceptors (Lipinski definition) is 5. The Morgan fingerprint density at radius 2 is 2.15 bits per heavy atom. The van der Waals surface area contributed by atoms with Crippen LogP contribution < -0.4 is 5.73 Å². The Bertz CT molecular complexity index is 836. The van der Waals surface area contributed by atoms with Crippen molar-refractivity contribution in [1.82, 2.24) is 14.7 Å². The number of ether oxygens (including phenoxy) is 1. The summed E-state index contributed by atoms with van der Waals surface area (Å²) in [7, 11) is 0. The first-order chi connectivity index (χ1) is 13.0. The normalized spacial score (nSPS) is 17.6. The topological polar surface area (TPSA) is 90.4 Å². The number of halogens is 1. The van der Waals surface area contributed by atoms with Gasteiger partial charge in [-0.3, -0.25) is 9.69 Å². The Balaban J connectivity index is 1.95. The Labute approximate surface area is 156 Å². The van der Waals surface area contributed by atoms with E-state index in [1.165, 1.54) is 16.9 Å². The number of amides is 1. The molecule has 1 aliphatic rings. The number of aromatic nitrogens is 2. The molecule has 3 rings (SSSR count). The Morgan fingerprint density at radius 1 is 1.37 bits per heavy atom. The number of carbonyl (C=O) groups excluding carboxylic acids is 2. The van der Waals surface area contributed by atoms with Crippen molar-refractivity contribution < 1.29 is 18.7 Å². The lowest BCUT2D eigenvalue weighted by Crippen LogP contribution is -2.41. The zero-order valence-electron chi connectivity index (χ0n) is 15.2. The zero-order chi connectivity index (χ0) is 19.4. The van der Waals surface area contributed by atoms with Crippen molar-refractivity contribution >= 4 is 11.9 Å². The highest BCUT2D eigenvalue weighted by molar-refractivity contribution is 5.90. The van der Waals surface area contributed by atoms with Crippen LogP contribution in [0.4, 0.5) is 4.39 Å². The van der Waals surface area contributed by atoms with Gasteiger partial charge < -0.3 is 10.5 Å². The van der Waals surface area contributed by atoms with Crippen LogP contribution in [0.1, 0.15) is 35.8 Å². The van der Waals surface area contributed by atoms with Gasteiger partial charge in [0, 0.05) is 13.1 Å². The summed E-state index contributed by atoms with van der Waals surface area (Å²) in [6, 6.07) is 6.24. The van der Waals surface area contributed by atoms with Crippen molar-refractivity contribution in [3.05, 3.63) is 47.5 Å². The van der Waals surface area contributed by atoms with Crippen molar-refractivity contribution in [2.45, 2.75) is 26.3 Å². The number of nitrogens with two attached hydrogens (primary N) is 1. The second kappa shape index (κ2) is 8.30. The van der Waals surface area contributed by atoms with E-state index in [0.717, 1.165) is 19.4 Å². The SMILES string of the molecule is CCOC(=O)c1cnn(-c2ccccc2F)c1CN1CCCC(C(N)=O)C1. The highest BCUT2D eigenvalue weighted by atomic mass is 19.1. The minimum Gasteiger partial charge on any atom is -0.462 e. The lowest BCUT2D eigenvalue weighted by Gasteiger charge is -2.31. The summed E-state index contributed by atoms with van der Waals surface area (Å²) in [5.41, 5.74) is 6.53. The average Bonchev–Trinajstić information content (AvgIpc) is 3.06. The first-order valence-electron chi connectivity index (χ1n) is 9.01. The molecule has 2 N–H and O–H groups in total. The number of para-hydroxylation sites is 1. The number of piperidine rings is 1. The first-order valence-corrected chi connectivity index (χ1v) is 9.01. The van der Waals surface area contributed by atoms with E-state index < -0.39 is 11.8 Å². The highest BCUT2D eigenvalue weighted by Crippen LogP contribution is 2.23. The van der Waals surface area contributed by atoms with Gasteiger partial charge in [0.15, 0.2) is 0 Å². The lowest BCUT2D eigenvalue weighted by molar-refractivity contribution is -0.123. The van der Waals surface area contributed by atoms with Crippen LogP contribution in [0.15, 0.2) is 30.5 Å². The minimum absolute atomic E-state index is 0.227. The number of primary amides is 1. The third-order valence-corrected chi connectivity index (χ3v) is 4.73. The summed E-state index contributed by atoms with van der Waals surface area (Å²) in [4.78, 5) is 25.9. The molecule has 27 heavy (non-hydrogen) atoms. The monoisotopic (exact) mass is 374 g/mol. The fourth-order valence-electron chi connectivity index (χ4n) is 3.38. The Morgan fingerprint density at radius 3 is 2.85 bits per heavy atom. The number of carbonyl (C=O) groups is 2. The van der Waals surface area contributed by atoms with Crippen molar-refractivity contribution in [3.8, 4) is 5.69 Å². The van der Waals surface area contributed by atoms with E-state index in [0.29, 0.717) is 24.3 Å². The van der Waals surface area contributed by atoms with E-state index in [2.05, 4.69) is 5.10 Å². The molecule has 8 heteroatoms. The fraction of sp³-hybridized carbons (Fsp3) is 0.421. The van der Waals surface area contributed by atoms with Gasteiger partial charge in [-0.2, -0.15) is 5.10 Å². The molecule has 0 saturated carbocycles. The molecule has 1 aromatic heterocycles. The summed E-state index contributed by atoms with van der Waals surface area (Å²) in [5.74, 6) is -1.49. The van der Waals surface area contributed by atoms with Crippen LogP contribution >= 0.6 is 0 Å².